The van der Waals surface area contributed by atoms with Crippen molar-refractivity contribution in [3.8, 4) is 62.1 Å². The Morgan fingerprint density at radius 2 is 0.922 bits per heavy atom. The summed E-state index contributed by atoms with van der Waals surface area (Å²) in [5, 5.41) is 5.04. The van der Waals surface area contributed by atoms with Gasteiger partial charge in [0.05, 0.1) is 11.0 Å². The van der Waals surface area contributed by atoms with Crippen LogP contribution in [0.15, 0.2) is 170 Å². The first kappa shape index (κ1) is 38.5. The maximum Gasteiger partial charge on any atom is 0.164 e. The number of benzene rings is 8. The fraction of sp³-hybridized carbons (Fsp3) is 0.183. The van der Waals surface area contributed by atoms with Crippen LogP contribution >= 0.6 is 0 Å². The lowest BCUT2D eigenvalue weighted by molar-refractivity contribution is 0.332. The van der Waals surface area contributed by atoms with Crippen molar-refractivity contribution in [1.29, 1.82) is 0 Å². The van der Waals surface area contributed by atoms with E-state index in [4.69, 9.17) is 15.0 Å². The minimum Gasteiger partial charge on any atom is -0.309 e. The number of aromatic nitrogens is 4. The van der Waals surface area contributed by atoms with Gasteiger partial charge in [0.25, 0.3) is 0 Å². The summed E-state index contributed by atoms with van der Waals surface area (Å²) in [4.78, 5) is 16.1. The Morgan fingerprint density at radius 3 is 1.69 bits per heavy atom. The van der Waals surface area contributed by atoms with Gasteiger partial charge in [-0.3, -0.25) is 0 Å². The molecule has 0 unspecified atom stereocenters. The van der Waals surface area contributed by atoms with Crippen molar-refractivity contribution < 1.29 is 0 Å². The lowest BCUT2D eigenvalue weighted by Crippen LogP contribution is -2.33. The molecule has 12 rings (SSSR count). The molecule has 0 bridgehead atoms. The Morgan fingerprint density at radius 1 is 0.391 bits per heavy atom. The summed E-state index contributed by atoms with van der Waals surface area (Å²) in [7, 11) is 0. The van der Waals surface area contributed by atoms with Gasteiger partial charge in [0, 0.05) is 38.6 Å². The van der Waals surface area contributed by atoms with Crippen molar-refractivity contribution in [2.75, 3.05) is 0 Å². The lowest BCUT2D eigenvalue weighted by atomic mass is 9.63. The van der Waals surface area contributed by atoms with Gasteiger partial charge in [0.2, 0.25) is 0 Å². The van der Waals surface area contributed by atoms with Crippen LogP contribution in [-0.4, -0.2) is 19.5 Å². The van der Waals surface area contributed by atoms with E-state index in [2.05, 4.69) is 216 Å². The standard InChI is InChI=1S/C60H50N4/c1-58(2)29-30-59(3,4)51-36-53-48(35-50(51)58)47-33-39-19-10-11-20-40(39)34-52(47)64(53)43-24-15-23-42(32-43)56-61-55(41-22-14-21-38(31-41)37-17-8-7-9-18-37)62-57(63-56)46-27-16-26-45-44-25-12-13-28-49(44)60(5,6)54(45)46/h7-28,31-36H,29-30H2,1-6H3. The van der Waals surface area contributed by atoms with E-state index in [1.54, 1.807) is 0 Å². The minimum absolute atomic E-state index is 0.0654. The molecule has 2 aromatic heterocycles. The van der Waals surface area contributed by atoms with Crippen molar-refractivity contribution in [2.24, 2.45) is 0 Å². The van der Waals surface area contributed by atoms with E-state index in [-0.39, 0.29) is 16.2 Å². The van der Waals surface area contributed by atoms with E-state index in [0.29, 0.717) is 17.5 Å². The van der Waals surface area contributed by atoms with Gasteiger partial charge < -0.3 is 4.57 Å². The highest BCUT2D eigenvalue weighted by Crippen LogP contribution is 2.52. The molecule has 0 spiro atoms. The Balaban J connectivity index is 1.09. The zero-order valence-electron chi connectivity index (χ0n) is 37.4. The molecule has 0 atom stereocenters. The summed E-state index contributed by atoms with van der Waals surface area (Å²) >= 11 is 0. The van der Waals surface area contributed by atoms with Gasteiger partial charge in [-0.05, 0) is 121 Å². The van der Waals surface area contributed by atoms with Crippen LogP contribution in [0, 0.1) is 0 Å². The molecule has 0 amide bonds. The molecule has 2 heterocycles. The van der Waals surface area contributed by atoms with Crippen LogP contribution in [0.4, 0.5) is 0 Å². The zero-order chi connectivity index (χ0) is 43.5. The average molecular weight is 827 g/mol. The SMILES string of the molecule is CC1(C)CCC(C)(C)c2cc3c(cc21)c1cc2ccccc2cc1n3-c1cccc(-c2nc(-c3cccc(-c4ccccc4)c3)nc(-c3cccc4c3C(C)(C)c3ccccc3-4)n2)c1. The third-order valence-corrected chi connectivity index (χ3v) is 14.7. The molecule has 2 aliphatic carbocycles. The van der Waals surface area contributed by atoms with Crippen molar-refractivity contribution in [1.82, 2.24) is 19.5 Å². The van der Waals surface area contributed by atoms with E-state index in [1.807, 2.05) is 0 Å². The molecular weight excluding hydrogens is 777 g/mol. The number of hydrogen-bond donors (Lipinski definition) is 0. The molecule has 0 saturated carbocycles. The van der Waals surface area contributed by atoms with Crippen molar-refractivity contribution in [3.05, 3.63) is 192 Å². The molecule has 64 heavy (non-hydrogen) atoms. The fourth-order valence-corrected chi connectivity index (χ4v) is 11.1. The van der Waals surface area contributed by atoms with E-state index in [0.717, 1.165) is 39.9 Å². The molecule has 0 aliphatic heterocycles. The quantitative estimate of drug-likeness (QED) is 0.174. The topological polar surface area (TPSA) is 43.6 Å². The van der Waals surface area contributed by atoms with Crippen LogP contribution < -0.4 is 0 Å². The van der Waals surface area contributed by atoms with E-state index in [1.165, 1.54) is 72.4 Å². The number of nitrogens with zero attached hydrogens (tertiary/aromatic N) is 4. The number of rotatable bonds is 5. The molecule has 4 nitrogen and oxygen atoms in total. The highest BCUT2D eigenvalue weighted by Gasteiger charge is 2.39. The summed E-state index contributed by atoms with van der Waals surface area (Å²) in [6.45, 7) is 14.3. The van der Waals surface area contributed by atoms with Crippen molar-refractivity contribution in [2.45, 2.75) is 70.6 Å². The van der Waals surface area contributed by atoms with Gasteiger partial charge in [-0.25, -0.2) is 15.0 Å². The summed E-state index contributed by atoms with van der Waals surface area (Å²) in [5.41, 5.74) is 16.6. The Kier molecular flexibility index (Phi) is 8.37. The number of fused-ring (bicyclic) bond motifs is 8. The van der Waals surface area contributed by atoms with Crippen LogP contribution in [0.25, 0.3) is 94.7 Å². The molecular formula is C60H50N4. The maximum absolute atomic E-state index is 5.44. The molecule has 0 N–H and O–H groups in total. The maximum atomic E-state index is 5.44. The van der Waals surface area contributed by atoms with Crippen LogP contribution in [0.3, 0.4) is 0 Å². The third kappa shape index (κ3) is 5.92. The second-order valence-electron chi connectivity index (χ2n) is 19.9. The highest BCUT2D eigenvalue weighted by molar-refractivity contribution is 6.14. The molecule has 10 aromatic rings. The summed E-state index contributed by atoms with van der Waals surface area (Å²) in [5.74, 6) is 1.96. The predicted octanol–water partition coefficient (Wildman–Crippen LogP) is 15.4. The molecule has 0 radical (unpaired) electrons. The van der Waals surface area contributed by atoms with Gasteiger partial charge >= 0.3 is 0 Å². The second-order valence-corrected chi connectivity index (χ2v) is 19.9. The first-order valence-corrected chi connectivity index (χ1v) is 22.7. The first-order chi connectivity index (χ1) is 30.9. The Bertz CT molecular complexity index is 3530. The van der Waals surface area contributed by atoms with Crippen molar-refractivity contribution >= 4 is 32.6 Å². The fourth-order valence-electron chi connectivity index (χ4n) is 11.1. The molecule has 2 aliphatic rings. The average Bonchev–Trinajstić information content (AvgIpc) is 3.76. The summed E-state index contributed by atoms with van der Waals surface area (Å²) in [6.07, 6.45) is 2.33. The zero-order valence-corrected chi connectivity index (χ0v) is 37.4. The monoisotopic (exact) mass is 826 g/mol. The van der Waals surface area contributed by atoms with Gasteiger partial charge in [0.15, 0.2) is 17.5 Å². The van der Waals surface area contributed by atoms with Gasteiger partial charge in [-0.1, -0.05) is 169 Å². The normalized spacial score (nSPS) is 15.6. The predicted molar refractivity (Wildman–Crippen MR) is 266 cm³/mol. The third-order valence-electron chi connectivity index (χ3n) is 14.7. The number of hydrogen-bond acceptors (Lipinski definition) is 3. The lowest BCUT2D eigenvalue weighted by Gasteiger charge is -2.42. The van der Waals surface area contributed by atoms with Gasteiger partial charge in [-0.2, -0.15) is 0 Å². The van der Waals surface area contributed by atoms with Gasteiger partial charge in [-0.15, -0.1) is 0 Å². The van der Waals surface area contributed by atoms with Crippen LogP contribution in [0.2, 0.25) is 0 Å². The summed E-state index contributed by atoms with van der Waals surface area (Å²) in [6, 6.07) is 61.9. The smallest absolute Gasteiger partial charge is 0.164 e. The molecule has 0 fully saturated rings. The molecule has 4 heteroatoms. The highest BCUT2D eigenvalue weighted by atomic mass is 15.0. The molecule has 310 valence electrons. The van der Waals surface area contributed by atoms with Crippen LogP contribution in [0.5, 0.6) is 0 Å². The van der Waals surface area contributed by atoms with E-state index in [9.17, 15) is 0 Å². The Labute approximate surface area is 375 Å². The van der Waals surface area contributed by atoms with E-state index < -0.39 is 0 Å². The molecule has 0 saturated heterocycles. The summed E-state index contributed by atoms with van der Waals surface area (Å²) < 4.78 is 2.48. The van der Waals surface area contributed by atoms with Gasteiger partial charge in [0.1, 0.15) is 0 Å². The first-order valence-electron chi connectivity index (χ1n) is 22.7. The van der Waals surface area contributed by atoms with Crippen molar-refractivity contribution in [3.63, 3.8) is 0 Å². The molecule has 8 aromatic carbocycles. The Hall–Kier alpha value is -7.17. The minimum atomic E-state index is -0.244. The van der Waals surface area contributed by atoms with E-state index >= 15 is 0 Å². The largest absolute Gasteiger partial charge is 0.309 e. The second kappa shape index (κ2) is 13.9. The van der Waals surface area contributed by atoms with Crippen LogP contribution in [-0.2, 0) is 16.2 Å². The van der Waals surface area contributed by atoms with Crippen LogP contribution in [0.1, 0.15) is 76.6 Å².